The Morgan fingerprint density at radius 2 is 2.04 bits per heavy atom. The van der Waals surface area contributed by atoms with Gasteiger partial charge in [-0.15, -0.1) is 24.0 Å². The Labute approximate surface area is 181 Å². The van der Waals surface area contributed by atoms with Gasteiger partial charge in [-0.05, 0) is 44.7 Å². The Kier molecular flexibility index (Phi) is 9.32. The van der Waals surface area contributed by atoms with Crippen LogP contribution in [0.5, 0.6) is 0 Å². The summed E-state index contributed by atoms with van der Waals surface area (Å²) in [5.41, 5.74) is 1.70. The fourth-order valence-electron chi connectivity index (χ4n) is 3.90. The molecule has 0 aromatic heterocycles. The first-order valence-electron chi connectivity index (χ1n) is 10.1. The predicted octanol–water partition coefficient (Wildman–Crippen LogP) is 3.00. The van der Waals surface area contributed by atoms with Gasteiger partial charge in [0.1, 0.15) is 0 Å². The van der Waals surface area contributed by atoms with Crippen LogP contribution in [-0.2, 0) is 10.2 Å². The van der Waals surface area contributed by atoms with Crippen molar-refractivity contribution in [3.63, 3.8) is 0 Å². The molecular formula is C21H35IN4O. The smallest absolute Gasteiger partial charge is 0.191 e. The van der Waals surface area contributed by atoms with Crippen molar-refractivity contribution in [2.45, 2.75) is 44.1 Å². The van der Waals surface area contributed by atoms with Crippen molar-refractivity contribution >= 4 is 29.9 Å². The van der Waals surface area contributed by atoms with E-state index in [1.807, 2.05) is 0 Å². The van der Waals surface area contributed by atoms with Crippen LogP contribution in [0.1, 0.15) is 38.2 Å². The summed E-state index contributed by atoms with van der Waals surface area (Å²) in [5, 5.41) is 6.99. The molecule has 1 aliphatic heterocycles. The van der Waals surface area contributed by atoms with Gasteiger partial charge in [-0.1, -0.05) is 30.3 Å². The molecule has 0 radical (unpaired) electrons. The average molecular weight is 486 g/mol. The highest BCUT2D eigenvalue weighted by Crippen LogP contribution is 2.48. The number of benzene rings is 1. The maximum Gasteiger partial charge on any atom is 0.191 e. The van der Waals surface area contributed by atoms with E-state index in [1.165, 1.54) is 37.8 Å². The SMILES string of the molecule is CCNC(=NCC1(c2ccccc2)CC1)NCC1CCCN1CCOC.I. The molecule has 1 unspecified atom stereocenters. The van der Waals surface area contributed by atoms with Crippen LogP contribution >= 0.6 is 24.0 Å². The summed E-state index contributed by atoms with van der Waals surface area (Å²) in [6.07, 6.45) is 5.02. The summed E-state index contributed by atoms with van der Waals surface area (Å²) in [5.74, 6) is 0.952. The second-order valence-corrected chi connectivity index (χ2v) is 7.55. The molecular weight excluding hydrogens is 451 g/mol. The van der Waals surface area contributed by atoms with Crippen molar-refractivity contribution in [2.75, 3.05) is 46.4 Å². The molecule has 0 spiro atoms. The molecule has 152 valence electrons. The minimum Gasteiger partial charge on any atom is -0.383 e. The molecule has 2 N–H and O–H groups in total. The molecule has 2 aliphatic rings. The Hall–Kier alpha value is -0.860. The molecule has 27 heavy (non-hydrogen) atoms. The lowest BCUT2D eigenvalue weighted by atomic mass is 9.96. The molecule has 1 aromatic rings. The van der Waals surface area contributed by atoms with Crippen LogP contribution < -0.4 is 10.6 Å². The summed E-state index contributed by atoms with van der Waals surface area (Å²) in [7, 11) is 1.78. The van der Waals surface area contributed by atoms with Gasteiger partial charge in [0.15, 0.2) is 5.96 Å². The van der Waals surface area contributed by atoms with Crippen molar-refractivity contribution in [1.29, 1.82) is 0 Å². The molecule has 2 fully saturated rings. The molecule has 5 nitrogen and oxygen atoms in total. The Balaban J connectivity index is 0.00000261. The second-order valence-electron chi connectivity index (χ2n) is 7.55. The number of methoxy groups -OCH3 is 1. The third kappa shape index (κ3) is 6.32. The molecule has 0 bridgehead atoms. The van der Waals surface area contributed by atoms with Gasteiger partial charge in [-0.3, -0.25) is 9.89 Å². The monoisotopic (exact) mass is 486 g/mol. The third-order valence-corrected chi connectivity index (χ3v) is 5.71. The molecule has 0 amide bonds. The fourth-order valence-corrected chi connectivity index (χ4v) is 3.90. The first-order valence-corrected chi connectivity index (χ1v) is 10.1. The normalized spacial score (nSPS) is 21.6. The van der Waals surface area contributed by atoms with Crippen molar-refractivity contribution in [1.82, 2.24) is 15.5 Å². The molecule has 1 aromatic carbocycles. The molecule has 1 saturated carbocycles. The first kappa shape index (κ1) is 22.4. The first-order chi connectivity index (χ1) is 12.8. The second kappa shape index (κ2) is 11.2. The minimum atomic E-state index is 0. The van der Waals surface area contributed by atoms with Crippen LogP contribution in [0.4, 0.5) is 0 Å². The molecule has 1 aliphatic carbocycles. The summed E-state index contributed by atoms with van der Waals surface area (Å²) >= 11 is 0. The standard InChI is InChI=1S/C21H34N4O.HI/c1-3-22-20(23-16-19-10-7-13-25(19)14-15-26-2)24-17-21(11-12-21)18-8-5-4-6-9-18;/h4-6,8-9,19H,3,7,10-17H2,1-2H3,(H2,22,23,24);1H. The summed E-state index contributed by atoms with van der Waals surface area (Å²) in [4.78, 5) is 7.46. The molecule has 1 saturated heterocycles. The number of halogens is 1. The summed E-state index contributed by atoms with van der Waals surface area (Å²) < 4.78 is 5.24. The van der Waals surface area contributed by atoms with Gasteiger partial charge in [-0.2, -0.15) is 0 Å². The average Bonchev–Trinajstić information content (AvgIpc) is 3.34. The third-order valence-electron chi connectivity index (χ3n) is 5.71. The Bertz CT molecular complexity index is 577. The van der Waals surface area contributed by atoms with Crippen LogP contribution in [-0.4, -0.2) is 63.3 Å². The van der Waals surface area contributed by atoms with Crippen LogP contribution in [0.15, 0.2) is 35.3 Å². The predicted molar refractivity (Wildman–Crippen MR) is 123 cm³/mol. The number of guanidine groups is 1. The van der Waals surface area contributed by atoms with Crippen molar-refractivity contribution in [2.24, 2.45) is 4.99 Å². The van der Waals surface area contributed by atoms with Gasteiger partial charge < -0.3 is 15.4 Å². The highest BCUT2D eigenvalue weighted by molar-refractivity contribution is 14.0. The number of nitrogens with zero attached hydrogens (tertiary/aromatic N) is 2. The van der Waals surface area contributed by atoms with E-state index < -0.39 is 0 Å². The zero-order chi connectivity index (χ0) is 18.2. The quantitative estimate of drug-likeness (QED) is 0.320. The van der Waals surface area contributed by atoms with Gasteiger partial charge in [0.05, 0.1) is 13.2 Å². The maximum atomic E-state index is 5.24. The Morgan fingerprint density at radius 3 is 2.70 bits per heavy atom. The van der Waals surface area contributed by atoms with E-state index >= 15 is 0 Å². The van der Waals surface area contributed by atoms with Gasteiger partial charge in [0.2, 0.25) is 0 Å². The van der Waals surface area contributed by atoms with Crippen LogP contribution in [0, 0.1) is 0 Å². The topological polar surface area (TPSA) is 48.9 Å². The number of hydrogen-bond donors (Lipinski definition) is 2. The van der Waals surface area contributed by atoms with Gasteiger partial charge >= 0.3 is 0 Å². The van der Waals surface area contributed by atoms with Crippen molar-refractivity contribution in [3.05, 3.63) is 35.9 Å². The molecule has 6 heteroatoms. The van der Waals surface area contributed by atoms with Gasteiger partial charge in [-0.25, -0.2) is 0 Å². The zero-order valence-electron chi connectivity index (χ0n) is 16.7. The lowest BCUT2D eigenvalue weighted by Gasteiger charge is -2.25. The minimum absolute atomic E-state index is 0. The fraction of sp³-hybridized carbons (Fsp3) is 0.667. The van der Waals surface area contributed by atoms with Crippen molar-refractivity contribution in [3.8, 4) is 0 Å². The highest BCUT2D eigenvalue weighted by atomic mass is 127. The van der Waals surface area contributed by atoms with E-state index in [9.17, 15) is 0 Å². The van der Waals surface area contributed by atoms with E-state index in [2.05, 4.69) is 52.8 Å². The zero-order valence-corrected chi connectivity index (χ0v) is 19.1. The number of nitrogens with one attached hydrogen (secondary N) is 2. The largest absolute Gasteiger partial charge is 0.383 e. The number of aliphatic imine (C=N–C) groups is 1. The lowest BCUT2D eigenvalue weighted by molar-refractivity contribution is 0.141. The number of likely N-dealkylation sites (tertiary alicyclic amines) is 1. The molecule has 1 heterocycles. The lowest BCUT2D eigenvalue weighted by Crippen LogP contribution is -2.45. The Morgan fingerprint density at radius 1 is 1.26 bits per heavy atom. The van der Waals surface area contributed by atoms with Gasteiger partial charge in [0.25, 0.3) is 0 Å². The van der Waals surface area contributed by atoms with E-state index in [-0.39, 0.29) is 29.4 Å². The van der Waals surface area contributed by atoms with Crippen LogP contribution in [0.3, 0.4) is 0 Å². The number of ether oxygens (including phenoxy) is 1. The van der Waals surface area contributed by atoms with Gasteiger partial charge in [0, 0.05) is 38.2 Å². The summed E-state index contributed by atoms with van der Waals surface area (Å²) in [6, 6.07) is 11.4. The summed E-state index contributed by atoms with van der Waals surface area (Å²) in [6.45, 7) is 7.85. The number of rotatable bonds is 9. The van der Waals surface area contributed by atoms with E-state index in [0.29, 0.717) is 6.04 Å². The van der Waals surface area contributed by atoms with E-state index in [1.54, 1.807) is 7.11 Å². The number of hydrogen-bond acceptors (Lipinski definition) is 3. The molecule has 1 atom stereocenters. The van der Waals surface area contributed by atoms with Crippen molar-refractivity contribution < 1.29 is 4.74 Å². The van der Waals surface area contributed by atoms with E-state index in [4.69, 9.17) is 9.73 Å². The molecule has 3 rings (SSSR count). The van der Waals surface area contributed by atoms with Crippen LogP contribution in [0.25, 0.3) is 0 Å². The van der Waals surface area contributed by atoms with Crippen LogP contribution in [0.2, 0.25) is 0 Å². The highest BCUT2D eigenvalue weighted by Gasteiger charge is 2.44. The maximum absolute atomic E-state index is 5.24. The van der Waals surface area contributed by atoms with E-state index in [0.717, 1.165) is 38.7 Å².